The molecule has 35 heavy (non-hydrogen) atoms. The first-order valence-corrected chi connectivity index (χ1v) is 11.2. The van der Waals surface area contributed by atoms with Gasteiger partial charge in [-0.1, -0.05) is 68.4 Å². The van der Waals surface area contributed by atoms with Gasteiger partial charge in [0.1, 0.15) is 30.4 Å². The van der Waals surface area contributed by atoms with E-state index in [-0.39, 0.29) is 24.9 Å². The first-order chi connectivity index (χ1) is 17.1. The van der Waals surface area contributed by atoms with E-state index in [1.54, 1.807) is 6.07 Å². The van der Waals surface area contributed by atoms with Crippen LogP contribution in [-0.4, -0.2) is 30.8 Å². The summed E-state index contributed by atoms with van der Waals surface area (Å²) in [6.45, 7) is 4.00. The monoisotopic (exact) mass is 482 g/mol. The molecule has 0 spiro atoms. The van der Waals surface area contributed by atoms with E-state index in [0.29, 0.717) is 12.7 Å². The minimum atomic E-state index is -0.361. The van der Waals surface area contributed by atoms with Gasteiger partial charge in [-0.2, -0.15) is 0 Å². The van der Waals surface area contributed by atoms with Crippen molar-refractivity contribution in [3.8, 4) is 16.9 Å². The summed E-state index contributed by atoms with van der Waals surface area (Å²) in [4.78, 5) is 19.7. The highest BCUT2D eigenvalue weighted by Crippen LogP contribution is 2.21. The molecule has 7 heteroatoms. The lowest BCUT2D eigenvalue weighted by Crippen LogP contribution is -2.10. The van der Waals surface area contributed by atoms with Crippen molar-refractivity contribution in [1.29, 1.82) is 0 Å². The lowest BCUT2D eigenvalue weighted by atomic mass is 9.98. The van der Waals surface area contributed by atoms with Crippen molar-refractivity contribution in [2.75, 3.05) is 13.2 Å². The van der Waals surface area contributed by atoms with Crippen LogP contribution in [0.3, 0.4) is 0 Å². The molecule has 6 nitrogen and oxygen atoms in total. The standard InChI is InChI=1S/C16H15FO2.C8H9NO.C2H5NO.C2H6/c17-16-3-1-2-15(9-16)14-6-4-12(5-7-14)8-13(10-18)11-19;9-6-7-10-8-4-2-1-3-5-8;3-1-2-4;1-2/h1-7,9-10,13,19H,8,11H2;1-7H,9H2;2H,1,3H2;1-2H3/b;7-6+;;. The average molecular weight is 483 g/mol. The molecule has 0 bridgehead atoms. The fourth-order valence-electron chi connectivity index (χ4n) is 2.58. The maximum absolute atomic E-state index is 13.1. The molecule has 0 amide bonds. The van der Waals surface area contributed by atoms with Gasteiger partial charge < -0.3 is 30.9 Å². The second kappa shape index (κ2) is 20.8. The molecule has 1 unspecified atom stereocenters. The number of carbonyl (C=O) groups excluding carboxylic acids is 2. The summed E-state index contributed by atoms with van der Waals surface area (Å²) in [6, 6.07) is 23.4. The highest BCUT2D eigenvalue weighted by atomic mass is 19.1. The van der Waals surface area contributed by atoms with Crippen LogP contribution in [0.15, 0.2) is 91.3 Å². The Morgan fingerprint density at radius 2 is 1.57 bits per heavy atom. The Kier molecular flexibility index (Phi) is 18.5. The number of benzene rings is 3. The number of halogens is 1. The molecule has 0 aromatic heterocycles. The minimum Gasteiger partial charge on any atom is -0.464 e. The van der Waals surface area contributed by atoms with Crippen molar-refractivity contribution in [2.24, 2.45) is 17.4 Å². The highest BCUT2D eigenvalue weighted by Gasteiger charge is 2.07. The zero-order valence-corrected chi connectivity index (χ0v) is 20.2. The summed E-state index contributed by atoms with van der Waals surface area (Å²) in [6.07, 6.45) is 4.73. The third-order valence-corrected chi connectivity index (χ3v) is 4.16. The zero-order chi connectivity index (χ0) is 26.3. The molecule has 0 aliphatic rings. The lowest BCUT2D eigenvalue weighted by Gasteiger charge is -2.08. The van der Waals surface area contributed by atoms with Crippen LogP contribution in [-0.2, 0) is 16.0 Å². The van der Waals surface area contributed by atoms with Crippen LogP contribution in [0.2, 0.25) is 0 Å². The normalized spacial score (nSPS) is 10.3. The minimum absolute atomic E-state index is 0.139. The topological polar surface area (TPSA) is 116 Å². The quantitative estimate of drug-likeness (QED) is 0.321. The van der Waals surface area contributed by atoms with Gasteiger partial charge in [0, 0.05) is 18.7 Å². The summed E-state index contributed by atoms with van der Waals surface area (Å²) < 4.78 is 18.2. The average Bonchev–Trinajstić information content (AvgIpc) is 2.93. The van der Waals surface area contributed by atoms with Crippen LogP contribution >= 0.6 is 0 Å². The Balaban J connectivity index is 0.000000604. The SMILES string of the molecule is CC.N/C=C/Oc1ccccc1.NCC=O.O=CC(CO)Cc1ccc(-c2cccc(F)c2)cc1. The molecule has 5 N–H and O–H groups in total. The van der Waals surface area contributed by atoms with Crippen LogP contribution in [0.5, 0.6) is 5.75 Å². The van der Waals surface area contributed by atoms with Crippen LogP contribution in [0.25, 0.3) is 11.1 Å². The first-order valence-electron chi connectivity index (χ1n) is 11.2. The summed E-state index contributed by atoms with van der Waals surface area (Å²) >= 11 is 0. The van der Waals surface area contributed by atoms with Gasteiger partial charge in [0.2, 0.25) is 0 Å². The second-order valence-corrected chi connectivity index (χ2v) is 6.65. The molecule has 0 saturated carbocycles. The number of para-hydroxylation sites is 1. The predicted molar refractivity (Wildman–Crippen MR) is 139 cm³/mol. The maximum Gasteiger partial charge on any atom is 0.133 e. The molecule has 1 atom stereocenters. The number of aldehydes is 2. The molecule has 3 aromatic rings. The predicted octanol–water partition coefficient (Wildman–Crippen LogP) is 4.51. The van der Waals surface area contributed by atoms with Crippen molar-refractivity contribution in [2.45, 2.75) is 20.3 Å². The second-order valence-electron chi connectivity index (χ2n) is 6.65. The van der Waals surface area contributed by atoms with Gasteiger partial charge in [0.15, 0.2) is 0 Å². The number of ether oxygens (including phenoxy) is 1. The van der Waals surface area contributed by atoms with E-state index in [1.807, 2.05) is 74.5 Å². The van der Waals surface area contributed by atoms with Gasteiger partial charge in [-0.15, -0.1) is 0 Å². The maximum atomic E-state index is 13.1. The molecular weight excluding hydrogens is 447 g/mol. The van der Waals surface area contributed by atoms with E-state index >= 15 is 0 Å². The van der Waals surface area contributed by atoms with Crippen LogP contribution < -0.4 is 16.2 Å². The Bertz CT molecular complexity index is 964. The summed E-state index contributed by atoms with van der Waals surface area (Å²) in [7, 11) is 0. The van der Waals surface area contributed by atoms with Gasteiger partial charge in [-0.3, -0.25) is 0 Å². The number of carbonyl (C=O) groups is 2. The summed E-state index contributed by atoms with van der Waals surface area (Å²) in [5.41, 5.74) is 12.5. The molecule has 0 aliphatic heterocycles. The van der Waals surface area contributed by atoms with Gasteiger partial charge >= 0.3 is 0 Å². The fraction of sp³-hybridized carbons (Fsp3) is 0.214. The van der Waals surface area contributed by atoms with Crippen molar-refractivity contribution in [3.63, 3.8) is 0 Å². The Hall–Kier alpha value is -3.81. The summed E-state index contributed by atoms with van der Waals surface area (Å²) in [5.74, 6) is 0.173. The van der Waals surface area contributed by atoms with Crippen molar-refractivity contribution >= 4 is 12.6 Å². The molecule has 0 heterocycles. The lowest BCUT2D eigenvalue weighted by molar-refractivity contribution is -0.112. The van der Waals surface area contributed by atoms with E-state index in [4.69, 9.17) is 20.4 Å². The van der Waals surface area contributed by atoms with Crippen LogP contribution in [0.4, 0.5) is 4.39 Å². The molecule has 3 rings (SSSR count). The Labute approximate surface area is 207 Å². The largest absolute Gasteiger partial charge is 0.464 e. The first kappa shape index (κ1) is 31.2. The highest BCUT2D eigenvalue weighted by molar-refractivity contribution is 5.64. The molecule has 0 aliphatic carbocycles. The smallest absolute Gasteiger partial charge is 0.133 e. The van der Waals surface area contributed by atoms with E-state index in [2.05, 4.69) is 5.73 Å². The molecule has 3 aromatic carbocycles. The third kappa shape index (κ3) is 14.1. The van der Waals surface area contributed by atoms with E-state index < -0.39 is 0 Å². The number of aliphatic hydroxyl groups is 1. The van der Waals surface area contributed by atoms with Gasteiger partial charge in [-0.05, 0) is 47.4 Å². The van der Waals surface area contributed by atoms with E-state index in [1.165, 1.54) is 24.6 Å². The summed E-state index contributed by atoms with van der Waals surface area (Å²) in [5, 5.41) is 8.98. The third-order valence-electron chi connectivity index (χ3n) is 4.16. The van der Waals surface area contributed by atoms with Crippen LogP contribution in [0.1, 0.15) is 19.4 Å². The number of aliphatic hydroxyl groups excluding tert-OH is 1. The van der Waals surface area contributed by atoms with E-state index in [0.717, 1.165) is 28.7 Å². The number of hydrogen-bond donors (Lipinski definition) is 3. The van der Waals surface area contributed by atoms with Crippen molar-refractivity contribution < 1.29 is 23.8 Å². The molecule has 0 saturated heterocycles. The Morgan fingerprint density at radius 3 is 2.06 bits per heavy atom. The number of hydrogen-bond acceptors (Lipinski definition) is 6. The van der Waals surface area contributed by atoms with Gasteiger partial charge in [-0.25, -0.2) is 4.39 Å². The van der Waals surface area contributed by atoms with Gasteiger partial charge in [0.05, 0.1) is 6.61 Å². The van der Waals surface area contributed by atoms with Crippen molar-refractivity contribution in [3.05, 3.63) is 103 Å². The molecule has 0 radical (unpaired) electrons. The molecule has 0 fully saturated rings. The van der Waals surface area contributed by atoms with E-state index in [9.17, 15) is 9.18 Å². The number of nitrogens with two attached hydrogens (primary N) is 2. The Morgan fingerprint density at radius 1 is 0.943 bits per heavy atom. The van der Waals surface area contributed by atoms with Crippen molar-refractivity contribution in [1.82, 2.24) is 0 Å². The molecule has 188 valence electrons. The molecular formula is C28H35FN2O4. The van der Waals surface area contributed by atoms with Crippen LogP contribution in [0, 0.1) is 11.7 Å². The zero-order valence-electron chi connectivity index (χ0n) is 20.2. The van der Waals surface area contributed by atoms with Gasteiger partial charge in [0.25, 0.3) is 0 Å². The number of rotatable bonds is 8. The fourth-order valence-corrected chi connectivity index (χ4v) is 2.58.